The van der Waals surface area contributed by atoms with E-state index in [1.165, 1.54) is 22.1 Å². The number of rotatable bonds is 3. The highest BCUT2D eigenvalue weighted by Gasteiger charge is 2.35. The number of amides is 1. The quantitative estimate of drug-likeness (QED) is 0.830. The van der Waals surface area contributed by atoms with Gasteiger partial charge >= 0.3 is 0 Å². The Hall–Kier alpha value is -1.00. The molecule has 1 N–H and O–H groups in total. The summed E-state index contributed by atoms with van der Waals surface area (Å²) in [6.45, 7) is 2.81. The Morgan fingerprint density at radius 3 is 2.72 bits per heavy atom. The van der Waals surface area contributed by atoms with E-state index in [9.17, 15) is 13.2 Å². The van der Waals surface area contributed by atoms with E-state index < -0.39 is 10.0 Å². The van der Waals surface area contributed by atoms with Crippen molar-refractivity contribution in [3.63, 3.8) is 0 Å². The summed E-state index contributed by atoms with van der Waals surface area (Å²) in [5, 5.41) is 5.25. The van der Waals surface area contributed by atoms with Gasteiger partial charge in [0.25, 0.3) is 5.91 Å². The monoisotopic (exact) mass is 385 g/mol. The standard InChI is InChI=1S/C16H23N3O4S2/c20-16(18-5-3-12-1-2-13(11-18)17-12)15-14(4-10-24-15)25(21,22)19-6-8-23-9-7-19/h4,10,12-13,17H,1-3,5-9,11H2. The normalized spacial score (nSPS) is 28.1. The Balaban J connectivity index is 1.57. The van der Waals surface area contributed by atoms with Gasteiger partial charge in [-0.2, -0.15) is 4.31 Å². The largest absolute Gasteiger partial charge is 0.379 e. The predicted octanol–water partition coefficient (Wildman–Crippen LogP) is 0.735. The molecule has 0 spiro atoms. The summed E-state index contributed by atoms with van der Waals surface area (Å²) in [6, 6.07) is 2.38. The van der Waals surface area contributed by atoms with Gasteiger partial charge < -0.3 is 15.0 Å². The molecule has 7 nitrogen and oxygen atoms in total. The van der Waals surface area contributed by atoms with Gasteiger partial charge in [-0.3, -0.25) is 4.79 Å². The Morgan fingerprint density at radius 2 is 1.92 bits per heavy atom. The van der Waals surface area contributed by atoms with Crippen molar-refractivity contribution in [2.24, 2.45) is 0 Å². The van der Waals surface area contributed by atoms with Crippen LogP contribution < -0.4 is 5.32 Å². The second kappa shape index (κ2) is 6.96. The third-order valence-electron chi connectivity index (χ3n) is 5.22. The maximum Gasteiger partial charge on any atom is 0.265 e. The van der Waals surface area contributed by atoms with E-state index >= 15 is 0 Å². The summed E-state index contributed by atoms with van der Waals surface area (Å²) in [4.78, 5) is 15.3. The fourth-order valence-corrected chi connectivity index (χ4v) is 6.62. The Kier molecular flexibility index (Phi) is 4.85. The molecule has 1 amide bonds. The molecule has 3 saturated heterocycles. The van der Waals surface area contributed by atoms with Crippen molar-refractivity contribution in [2.75, 3.05) is 39.4 Å². The number of likely N-dealkylation sites (tertiary alicyclic amines) is 1. The molecule has 9 heteroatoms. The highest BCUT2D eigenvalue weighted by molar-refractivity contribution is 7.89. The number of sulfonamides is 1. The third-order valence-corrected chi connectivity index (χ3v) is 8.19. The summed E-state index contributed by atoms with van der Waals surface area (Å²) in [5.74, 6) is -0.156. The number of carbonyl (C=O) groups is 1. The van der Waals surface area contributed by atoms with Gasteiger partial charge in [0.2, 0.25) is 10.0 Å². The van der Waals surface area contributed by atoms with E-state index in [-0.39, 0.29) is 10.8 Å². The van der Waals surface area contributed by atoms with Gasteiger partial charge in [-0.05, 0) is 30.7 Å². The number of hydrogen-bond donors (Lipinski definition) is 1. The SMILES string of the molecule is O=C(c1sccc1S(=O)(=O)N1CCOCC1)N1CCC2CCC(C1)N2. The molecule has 0 aromatic carbocycles. The van der Waals surface area contributed by atoms with Crippen LogP contribution >= 0.6 is 11.3 Å². The van der Waals surface area contributed by atoms with Crippen molar-refractivity contribution >= 4 is 27.3 Å². The zero-order valence-electron chi connectivity index (χ0n) is 14.0. The van der Waals surface area contributed by atoms with Crippen molar-refractivity contribution in [3.8, 4) is 0 Å². The number of fused-ring (bicyclic) bond motifs is 2. The van der Waals surface area contributed by atoms with Gasteiger partial charge in [0.05, 0.1) is 13.2 Å². The molecule has 0 aliphatic carbocycles. The topological polar surface area (TPSA) is 79.0 Å². The van der Waals surface area contributed by atoms with Crippen LogP contribution in [0.3, 0.4) is 0 Å². The van der Waals surface area contributed by atoms with E-state index in [0.717, 1.165) is 12.8 Å². The second-order valence-electron chi connectivity index (χ2n) is 6.81. The smallest absolute Gasteiger partial charge is 0.265 e. The maximum atomic E-state index is 13.0. The molecule has 3 aliphatic heterocycles. The molecule has 2 bridgehead atoms. The molecule has 3 fully saturated rings. The Bertz CT molecular complexity index is 742. The van der Waals surface area contributed by atoms with Gasteiger partial charge in [0, 0.05) is 38.3 Å². The number of morpholine rings is 1. The van der Waals surface area contributed by atoms with Crippen molar-refractivity contribution in [1.82, 2.24) is 14.5 Å². The number of thiophene rings is 1. The van der Waals surface area contributed by atoms with Crippen molar-refractivity contribution in [3.05, 3.63) is 16.3 Å². The molecule has 0 saturated carbocycles. The first-order valence-corrected chi connectivity index (χ1v) is 11.1. The molecule has 0 radical (unpaired) electrons. The lowest BCUT2D eigenvalue weighted by Gasteiger charge is -2.27. The van der Waals surface area contributed by atoms with Crippen LogP contribution in [0.25, 0.3) is 0 Å². The van der Waals surface area contributed by atoms with E-state index in [1.54, 1.807) is 11.4 Å². The minimum Gasteiger partial charge on any atom is -0.379 e. The molecule has 25 heavy (non-hydrogen) atoms. The van der Waals surface area contributed by atoms with E-state index in [1.807, 2.05) is 4.90 Å². The Morgan fingerprint density at radius 1 is 1.16 bits per heavy atom. The minimum absolute atomic E-state index is 0.145. The van der Waals surface area contributed by atoms with Crippen LogP contribution in [0.1, 0.15) is 28.9 Å². The zero-order chi connectivity index (χ0) is 17.4. The molecular weight excluding hydrogens is 362 g/mol. The van der Waals surface area contributed by atoms with Gasteiger partial charge in [-0.15, -0.1) is 11.3 Å². The van der Waals surface area contributed by atoms with Crippen LogP contribution in [0.15, 0.2) is 16.3 Å². The van der Waals surface area contributed by atoms with Crippen molar-refractivity contribution in [2.45, 2.75) is 36.2 Å². The first kappa shape index (κ1) is 17.4. The second-order valence-corrected chi connectivity index (χ2v) is 9.63. The van der Waals surface area contributed by atoms with Crippen LogP contribution in [0.5, 0.6) is 0 Å². The molecule has 1 aromatic heterocycles. The lowest BCUT2D eigenvalue weighted by Crippen LogP contribution is -2.42. The van der Waals surface area contributed by atoms with E-state index in [2.05, 4.69) is 5.32 Å². The van der Waals surface area contributed by atoms with Gasteiger partial charge in [-0.1, -0.05) is 0 Å². The number of nitrogens with one attached hydrogen (secondary N) is 1. The number of hydrogen-bond acceptors (Lipinski definition) is 6. The zero-order valence-corrected chi connectivity index (χ0v) is 15.7. The highest BCUT2D eigenvalue weighted by atomic mass is 32.2. The average molecular weight is 386 g/mol. The number of carbonyl (C=O) groups excluding carboxylic acids is 1. The number of nitrogens with zero attached hydrogens (tertiary/aromatic N) is 2. The van der Waals surface area contributed by atoms with Gasteiger partial charge in [-0.25, -0.2) is 8.42 Å². The Labute approximate surface area is 152 Å². The van der Waals surface area contributed by atoms with Crippen LogP contribution in [-0.4, -0.2) is 75.0 Å². The summed E-state index contributed by atoms with van der Waals surface area (Å²) in [5.41, 5.74) is 0. The molecule has 4 heterocycles. The molecule has 2 unspecified atom stereocenters. The van der Waals surface area contributed by atoms with Crippen LogP contribution in [0.2, 0.25) is 0 Å². The first-order chi connectivity index (χ1) is 12.1. The molecule has 138 valence electrons. The average Bonchev–Trinajstić information content (AvgIpc) is 3.22. The van der Waals surface area contributed by atoms with Crippen molar-refractivity contribution < 1.29 is 17.9 Å². The van der Waals surface area contributed by atoms with Crippen molar-refractivity contribution in [1.29, 1.82) is 0 Å². The first-order valence-electron chi connectivity index (χ1n) is 8.76. The fraction of sp³-hybridized carbons (Fsp3) is 0.688. The molecular formula is C16H23N3O4S2. The lowest BCUT2D eigenvalue weighted by atomic mass is 10.1. The van der Waals surface area contributed by atoms with Crippen LogP contribution in [0.4, 0.5) is 0 Å². The number of ether oxygens (including phenoxy) is 1. The third kappa shape index (κ3) is 3.35. The fourth-order valence-electron chi connectivity index (χ4n) is 3.85. The molecule has 2 atom stereocenters. The minimum atomic E-state index is -3.65. The molecule has 1 aromatic rings. The molecule has 3 aliphatic rings. The molecule has 4 rings (SSSR count). The summed E-state index contributed by atoms with van der Waals surface area (Å²) < 4.78 is 32.6. The van der Waals surface area contributed by atoms with Crippen LogP contribution in [-0.2, 0) is 14.8 Å². The summed E-state index contributed by atoms with van der Waals surface area (Å²) in [7, 11) is -3.65. The highest BCUT2D eigenvalue weighted by Crippen LogP contribution is 2.29. The summed E-state index contributed by atoms with van der Waals surface area (Å²) >= 11 is 1.22. The van der Waals surface area contributed by atoms with E-state index in [0.29, 0.717) is 56.4 Å². The maximum absolute atomic E-state index is 13.0. The van der Waals surface area contributed by atoms with Gasteiger partial charge in [0.1, 0.15) is 9.77 Å². The van der Waals surface area contributed by atoms with Crippen LogP contribution in [0, 0.1) is 0 Å². The summed E-state index contributed by atoms with van der Waals surface area (Å²) in [6.07, 6.45) is 3.18. The predicted molar refractivity (Wildman–Crippen MR) is 94.4 cm³/mol. The van der Waals surface area contributed by atoms with E-state index in [4.69, 9.17) is 4.74 Å². The lowest BCUT2D eigenvalue weighted by molar-refractivity contribution is 0.0725. The van der Waals surface area contributed by atoms with Gasteiger partial charge in [0.15, 0.2) is 0 Å².